The van der Waals surface area contributed by atoms with Crippen LogP contribution in [0.25, 0.3) is 32.7 Å². The number of nitrogens with one attached hydrogen (secondary N) is 3. The highest BCUT2D eigenvalue weighted by Crippen LogP contribution is 2.35. The van der Waals surface area contributed by atoms with Crippen molar-refractivity contribution in [3.05, 3.63) is 108 Å². The minimum absolute atomic E-state index is 0.0761. The first-order valence-corrected chi connectivity index (χ1v) is 9.58. The summed E-state index contributed by atoms with van der Waals surface area (Å²) in [5.41, 5.74) is 7.03. The van der Waals surface area contributed by atoms with E-state index in [1.807, 2.05) is 0 Å². The van der Waals surface area contributed by atoms with Crippen molar-refractivity contribution in [1.29, 1.82) is 0 Å². The predicted molar refractivity (Wildman–Crippen MR) is 116 cm³/mol. The summed E-state index contributed by atoms with van der Waals surface area (Å²) in [5, 5.41) is 3.69. The van der Waals surface area contributed by atoms with Crippen molar-refractivity contribution in [3.63, 3.8) is 0 Å². The van der Waals surface area contributed by atoms with Crippen molar-refractivity contribution in [3.8, 4) is 0 Å². The van der Waals surface area contributed by atoms with Crippen molar-refractivity contribution in [2.45, 2.75) is 5.92 Å². The van der Waals surface area contributed by atoms with Gasteiger partial charge in [0.2, 0.25) is 0 Å². The number of rotatable bonds is 3. The van der Waals surface area contributed by atoms with E-state index in [9.17, 15) is 0 Å². The molecule has 134 valence electrons. The molecule has 0 atom stereocenters. The van der Waals surface area contributed by atoms with Gasteiger partial charge in [0.1, 0.15) is 0 Å². The zero-order valence-electron chi connectivity index (χ0n) is 15.2. The van der Waals surface area contributed by atoms with Crippen LogP contribution in [0, 0.1) is 0 Å². The average Bonchev–Trinajstić information content (AvgIpc) is 3.44. The number of aromatic nitrogens is 3. The average molecular weight is 361 g/mol. The van der Waals surface area contributed by atoms with E-state index in [0.717, 1.165) is 16.6 Å². The molecule has 0 radical (unpaired) electrons. The van der Waals surface area contributed by atoms with Gasteiger partial charge in [-0.15, -0.1) is 0 Å². The summed E-state index contributed by atoms with van der Waals surface area (Å²) in [4.78, 5) is 10.9. The van der Waals surface area contributed by atoms with E-state index in [0.29, 0.717) is 0 Å². The number of hydrogen-bond donors (Lipinski definition) is 3. The standard InChI is InChI=1S/C25H19N3/c1-4-10-19-16(7-1)13-22(26-19)25(23-14-17-8-2-5-11-20(17)27-23)24-15-18-9-3-6-12-21(18)28-24/h1-15,25-28H. The third-order valence-electron chi connectivity index (χ3n) is 5.59. The van der Waals surface area contributed by atoms with Crippen LogP contribution in [0.15, 0.2) is 91.0 Å². The molecule has 0 aliphatic rings. The summed E-state index contributed by atoms with van der Waals surface area (Å²) >= 11 is 0. The summed E-state index contributed by atoms with van der Waals surface area (Å²) in [6.07, 6.45) is 0. The molecular formula is C25H19N3. The minimum atomic E-state index is 0.0761. The maximum absolute atomic E-state index is 3.64. The summed E-state index contributed by atoms with van der Waals surface area (Å²) in [6, 6.07) is 32.1. The molecule has 28 heavy (non-hydrogen) atoms. The van der Waals surface area contributed by atoms with Gasteiger partial charge < -0.3 is 15.0 Å². The van der Waals surface area contributed by atoms with E-state index in [-0.39, 0.29) is 5.92 Å². The predicted octanol–water partition coefficient (Wildman–Crippen LogP) is 6.31. The maximum atomic E-state index is 3.64. The Morgan fingerprint density at radius 3 is 1.07 bits per heavy atom. The van der Waals surface area contributed by atoms with Crippen molar-refractivity contribution in [2.24, 2.45) is 0 Å². The van der Waals surface area contributed by atoms with Gasteiger partial charge in [-0.2, -0.15) is 0 Å². The highest BCUT2D eigenvalue weighted by Gasteiger charge is 2.22. The van der Waals surface area contributed by atoms with Gasteiger partial charge >= 0.3 is 0 Å². The second-order valence-corrected chi connectivity index (χ2v) is 7.37. The van der Waals surface area contributed by atoms with Gasteiger partial charge in [0.05, 0.1) is 5.92 Å². The van der Waals surface area contributed by atoms with Crippen molar-refractivity contribution >= 4 is 32.7 Å². The quantitative estimate of drug-likeness (QED) is 0.331. The Morgan fingerprint density at radius 2 is 0.750 bits per heavy atom. The lowest BCUT2D eigenvalue weighted by Crippen LogP contribution is -2.04. The van der Waals surface area contributed by atoms with E-state index < -0.39 is 0 Å². The van der Waals surface area contributed by atoms with Crippen molar-refractivity contribution in [2.75, 3.05) is 0 Å². The van der Waals surface area contributed by atoms with Crippen LogP contribution in [-0.4, -0.2) is 15.0 Å². The molecule has 0 bridgehead atoms. The molecule has 3 aromatic carbocycles. The van der Waals surface area contributed by atoms with Crippen LogP contribution >= 0.6 is 0 Å². The molecule has 6 rings (SSSR count). The fourth-order valence-electron chi connectivity index (χ4n) is 4.26. The van der Waals surface area contributed by atoms with E-state index in [1.54, 1.807) is 0 Å². The lowest BCUT2D eigenvalue weighted by molar-refractivity contribution is 0.878. The van der Waals surface area contributed by atoms with E-state index in [2.05, 4.69) is 106 Å². The molecule has 6 aromatic rings. The number of para-hydroxylation sites is 3. The molecule has 0 unspecified atom stereocenters. The van der Waals surface area contributed by atoms with Crippen LogP contribution in [0.2, 0.25) is 0 Å². The molecule has 3 heterocycles. The first kappa shape index (κ1) is 15.3. The second kappa shape index (κ2) is 5.89. The van der Waals surface area contributed by atoms with Gasteiger partial charge in [-0.25, -0.2) is 0 Å². The largest absolute Gasteiger partial charge is 0.358 e. The van der Waals surface area contributed by atoms with Crippen LogP contribution in [0.5, 0.6) is 0 Å². The summed E-state index contributed by atoms with van der Waals surface area (Å²) < 4.78 is 0. The first-order chi connectivity index (χ1) is 13.8. The Kier molecular flexibility index (Phi) is 3.23. The molecular weight excluding hydrogens is 342 g/mol. The molecule has 3 nitrogen and oxygen atoms in total. The van der Waals surface area contributed by atoms with Crippen LogP contribution < -0.4 is 0 Å². The second-order valence-electron chi connectivity index (χ2n) is 7.37. The molecule has 0 saturated heterocycles. The van der Waals surface area contributed by atoms with Crippen LogP contribution in [-0.2, 0) is 0 Å². The monoisotopic (exact) mass is 361 g/mol. The number of fused-ring (bicyclic) bond motifs is 3. The van der Waals surface area contributed by atoms with Crippen LogP contribution in [0.3, 0.4) is 0 Å². The zero-order chi connectivity index (χ0) is 18.5. The summed E-state index contributed by atoms with van der Waals surface area (Å²) in [6.45, 7) is 0. The Bertz CT molecular complexity index is 1160. The van der Waals surface area contributed by atoms with E-state index >= 15 is 0 Å². The Balaban J connectivity index is 1.60. The third-order valence-corrected chi connectivity index (χ3v) is 5.59. The molecule has 0 amide bonds. The van der Waals surface area contributed by atoms with Gasteiger partial charge in [-0.1, -0.05) is 54.6 Å². The van der Waals surface area contributed by atoms with Crippen LogP contribution in [0.4, 0.5) is 0 Å². The van der Waals surface area contributed by atoms with E-state index in [1.165, 1.54) is 33.2 Å². The lowest BCUT2D eigenvalue weighted by Gasteiger charge is -2.13. The molecule has 0 saturated carbocycles. The Labute approximate surface area is 162 Å². The van der Waals surface area contributed by atoms with E-state index in [4.69, 9.17) is 0 Å². The fraction of sp³-hybridized carbons (Fsp3) is 0.0400. The lowest BCUT2D eigenvalue weighted by atomic mass is 9.97. The zero-order valence-corrected chi connectivity index (χ0v) is 15.2. The Morgan fingerprint density at radius 1 is 0.429 bits per heavy atom. The highest BCUT2D eigenvalue weighted by atomic mass is 14.8. The smallest absolute Gasteiger partial charge is 0.0792 e. The van der Waals surface area contributed by atoms with Gasteiger partial charge in [-0.05, 0) is 52.6 Å². The third kappa shape index (κ3) is 2.37. The molecule has 0 fully saturated rings. The van der Waals surface area contributed by atoms with Gasteiger partial charge in [0.15, 0.2) is 0 Å². The molecule has 0 aliphatic heterocycles. The van der Waals surface area contributed by atoms with Crippen molar-refractivity contribution < 1.29 is 0 Å². The normalized spacial score (nSPS) is 11.9. The Hall–Kier alpha value is -3.72. The number of benzene rings is 3. The summed E-state index contributed by atoms with van der Waals surface area (Å²) in [7, 11) is 0. The molecule has 0 aliphatic carbocycles. The molecule has 3 heteroatoms. The van der Waals surface area contributed by atoms with Gasteiger partial charge in [0, 0.05) is 33.6 Å². The van der Waals surface area contributed by atoms with Crippen molar-refractivity contribution in [1.82, 2.24) is 15.0 Å². The van der Waals surface area contributed by atoms with Crippen LogP contribution in [0.1, 0.15) is 23.0 Å². The highest BCUT2D eigenvalue weighted by molar-refractivity contribution is 5.84. The topological polar surface area (TPSA) is 47.4 Å². The number of aromatic amines is 3. The molecule has 0 spiro atoms. The first-order valence-electron chi connectivity index (χ1n) is 9.58. The SMILES string of the molecule is c1ccc2[nH]c(C(c3cc4ccccc4[nH]3)c3cc4ccccc4[nH]3)cc2c1. The molecule has 3 aromatic heterocycles. The summed E-state index contributed by atoms with van der Waals surface area (Å²) in [5.74, 6) is 0.0761. The van der Waals surface area contributed by atoms with Gasteiger partial charge in [-0.3, -0.25) is 0 Å². The maximum Gasteiger partial charge on any atom is 0.0792 e. The number of H-pyrrole nitrogens is 3. The number of hydrogen-bond acceptors (Lipinski definition) is 0. The molecule has 3 N–H and O–H groups in total. The fourth-order valence-corrected chi connectivity index (χ4v) is 4.26. The van der Waals surface area contributed by atoms with Gasteiger partial charge in [0.25, 0.3) is 0 Å². The minimum Gasteiger partial charge on any atom is -0.358 e.